The van der Waals surface area contributed by atoms with Crippen molar-refractivity contribution >= 4 is 18.3 Å². The SMILES string of the molecule is CCCCCCCCC=CCCCCCCCC(=O)NC(CCO)CCO.Cl. The van der Waals surface area contributed by atoms with E-state index in [0.29, 0.717) is 19.3 Å². The zero-order chi connectivity index (χ0) is 20.0. The Balaban J connectivity index is 0. The van der Waals surface area contributed by atoms with Crippen LogP contribution in [-0.2, 0) is 4.79 Å². The highest BCUT2D eigenvalue weighted by Crippen LogP contribution is 2.10. The molecule has 0 fully saturated rings. The van der Waals surface area contributed by atoms with Crippen LogP contribution in [0.15, 0.2) is 12.2 Å². The van der Waals surface area contributed by atoms with Crippen LogP contribution in [0, 0.1) is 0 Å². The van der Waals surface area contributed by atoms with E-state index in [1.54, 1.807) is 0 Å². The monoisotopic (exact) mass is 419 g/mol. The second-order valence-corrected chi connectivity index (χ2v) is 7.62. The lowest BCUT2D eigenvalue weighted by Gasteiger charge is -2.16. The number of halogens is 1. The highest BCUT2D eigenvalue weighted by atomic mass is 35.5. The van der Waals surface area contributed by atoms with Crippen molar-refractivity contribution in [3.63, 3.8) is 0 Å². The van der Waals surface area contributed by atoms with Crippen molar-refractivity contribution in [2.45, 2.75) is 116 Å². The van der Waals surface area contributed by atoms with Crippen LogP contribution >= 0.6 is 12.4 Å². The Morgan fingerprint density at radius 3 is 1.75 bits per heavy atom. The molecule has 0 heterocycles. The Morgan fingerprint density at radius 2 is 1.25 bits per heavy atom. The molecule has 0 saturated carbocycles. The molecule has 0 unspecified atom stereocenters. The second kappa shape index (κ2) is 24.5. The van der Waals surface area contributed by atoms with Gasteiger partial charge in [0.05, 0.1) is 0 Å². The summed E-state index contributed by atoms with van der Waals surface area (Å²) in [4.78, 5) is 11.9. The summed E-state index contributed by atoms with van der Waals surface area (Å²) in [5.41, 5.74) is 0. The average Bonchev–Trinajstić information content (AvgIpc) is 2.65. The second-order valence-electron chi connectivity index (χ2n) is 7.62. The molecule has 0 spiro atoms. The van der Waals surface area contributed by atoms with E-state index in [-0.39, 0.29) is 37.6 Å². The molecule has 0 atom stereocenters. The number of nitrogens with one attached hydrogen (secondary N) is 1. The molecule has 4 nitrogen and oxygen atoms in total. The van der Waals surface area contributed by atoms with E-state index in [1.807, 2.05) is 0 Å². The minimum absolute atomic E-state index is 0. The first kappa shape index (κ1) is 29.6. The normalized spacial score (nSPS) is 11.1. The van der Waals surface area contributed by atoms with Crippen molar-refractivity contribution < 1.29 is 15.0 Å². The van der Waals surface area contributed by atoms with Gasteiger partial charge in [-0.2, -0.15) is 0 Å². The minimum atomic E-state index is -0.101. The lowest BCUT2D eigenvalue weighted by Crippen LogP contribution is -2.36. The Hall–Kier alpha value is -0.580. The average molecular weight is 420 g/mol. The van der Waals surface area contributed by atoms with Gasteiger partial charge in [0.1, 0.15) is 0 Å². The Bertz CT molecular complexity index is 345. The van der Waals surface area contributed by atoms with E-state index in [4.69, 9.17) is 10.2 Å². The third kappa shape index (κ3) is 21.7. The molecule has 0 rings (SSSR count). The van der Waals surface area contributed by atoms with Crippen molar-refractivity contribution in [3.8, 4) is 0 Å². The Kier molecular flexibility index (Phi) is 25.9. The minimum Gasteiger partial charge on any atom is -0.396 e. The van der Waals surface area contributed by atoms with Crippen LogP contribution in [0.3, 0.4) is 0 Å². The Labute approximate surface area is 180 Å². The zero-order valence-corrected chi connectivity index (χ0v) is 19.0. The first-order chi connectivity index (χ1) is 13.2. The van der Waals surface area contributed by atoms with E-state index >= 15 is 0 Å². The molecule has 0 aromatic heterocycles. The van der Waals surface area contributed by atoms with E-state index in [0.717, 1.165) is 12.8 Å². The maximum Gasteiger partial charge on any atom is 0.220 e. The van der Waals surface area contributed by atoms with Crippen molar-refractivity contribution in [2.75, 3.05) is 13.2 Å². The van der Waals surface area contributed by atoms with Crippen LogP contribution in [0.2, 0.25) is 0 Å². The van der Waals surface area contributed by atoms with Gasteiger partial charge in [-0.25, -0.2) is 0 Å². The molecule has 0 aromatic carbocycles. The van der Waals surface area contributed by atoms with Crippen LogP contribution in [0.5, 0.6) is 0 Å². The fourth-order valence-corrected chi connectivity index (χ4v) is 3.26. The summed E-state index contributed by atoms with van der Waals surface area (Å²) in [7, 11) is 0. The molecule has 168 valence electrons. The third-order valence-corrected chi connectivity index (χ3v) is 4.99. The number of amides is 1. The van der Waals surface area contributed by atoms with Crippen LogP contribution < -0.4 is 5.32 Å². The number of aliphatic hydroxyl groups is 2. The third-order valence-electron chi connectivity index (χ3n) is 4.99. The van der Waals surface area contributed by atoms with E-state index < -0.39 is 0 Å². The van der Waals surface area contributed by atoms with Crippen molar-refractivity contribution in [2.24, 2.45) is 0 Å². The lowest BCUT2D eigenvalue weighted by molar-refractivity contribution is -0.122. The standard InChI is InChI=1S/C23H45NO3.ClH/c1-2-3-4-5-6-7-8-9-10-11-12-13-14-15-16-17-23(27)24-22(18-20-25)19-21-26;/h9-10,22,25-26H,2-8,11-21H2,1H3,(H,24,27);1H. The van der Waals surface area contributed by atoms with E-state index in [2.05, 4.69) is 24.4 Å². The number of hydrogen-bond donors (Lipinski definition) is 3. The number of rotatable bonds is 20. The van der Waals surface area contributed by atoms with Crippen molar-refractivity contribution in [3.05, 3.63) is 12.2 Å². The van der Waals surface area contributed by atoms with Gasteiger partial charge in [-0.1, -0.05) is 70.4 Å². The molecule has 0 bridgehead atoms. The van der Waals surface area contributed by atoms with Crippen LogP contribution in [0.1, 0.15) is 110 Å². The fraction of sp³-hybridized carbons (Fsp3) is 0.870. The summed E-state index contributed by atoms with van der Waals surface area (Å²) in [5.74, 6) is 0.0412. The summed E-state index contributed by atoms with van der Waals surface area (Å²) in [6.45, 7) is 2.34. The largest absolute Gasteiger partial charge is 0.396 e. The molecule has 5 heteroatoms. The number of aliphatic hydroxyl groups excluding tert-OH is 2. The highest BCUT2D eigenvalue weighted by molar-refractivity contribution is 5.85. The molecular weight excluding hydrogens is 374 g/mol. The van der Waals surface area contributed by atoms with Gasteiger partial charge < -0.3 is 15.5 Å². The molecule has 0 aromatic rings. The first-order valence-electron chi connectivity index (χ1n) is 11.4. The van der Waals surface area contributed by atoms with Crippen LogP contribution in [-0.4, -0.2) is 35.4 Å². The van der Waals surface area contributed by atoms with Gasteiger partial charge >= 0.3 is 0 Å². The topological polar surface area (TPSA) is 69.6 Å². The Morgan fingerprint density at radius 1 is 0.786 bits per heavy atom. The predicted molar refractivity (Wildman–Crippen MR) is 122 cm³/mol. The molecular formula is C23H46ClNO3. The smallest absolute Gasteiger partial charge is 0.220 e. The molecule has 0 aliphatic rings. The van der Waals surface area contributed by atoms with Gasteiger partial charge in [0.15, 0.2) is 0 Å². The molecule has 0 aliphatic carbocycles. The quantitative estimate of drug-likeness (QED) is 0.175. The molecule has 0 radical (unpaired) electrons. The van der Waals surface area contributed by atoms with Crippen molar-refractivity contribution in [1.29, 1.82) is 0 Å². The number of carbonyl (C=O) groups excluding carboxylic acids is 1. The number of allylic oxidation sites excluding steroid dienone is 2. The molecule has 28 heavy (non-hydrogen) atoms. The van der Waals surface area contributed by atoms with Gasteiger partial charge in [0.25, 0.3) is 0 Å². The summed E-state index contributed by atoms with van der Waals surface area (Å²) in [5, 5.41) is 20.8. The number of unbranched alkanes of at least 4 members (excludes halogenated alkanes) is 11. The summed E-state index contributed by atoms with van der Waals surface area (Å²) < 4.78 is 0. The molecule has 0 saturated heterocycles. The molecule has 3 N–H and O–H groups in total. The maximum atomic E-state index is 11.9. The number of carbonyl (C=O) groups is 1. The zero-order valence-electron chi connectivity index (χ0n) is 18.2. The first-order valence-corrected chi connectivity index (χ1v) is 11.4. The van der Waals surface area contributed by atoms with Crippen LogP contribution in [0.4, 0.5) is 0 Å². The van der Waals surface area contributed by atoms with Crippen LogP contribution in [0.25, 0.3) is 0 Å². The number of hydrogen-bond acceptors (Lipinski definition) is 3. The lowest BCUT2D eigenvalue weighted by atomic mass is 10.1. The van der Waals surface area contributed by atoms with E-state index in [9.17, 15) is 4.79 Å². The van der Waals surface area contributed by atoms with Gasteiger partial charge in [0, 0.05) is 25.7 Å². The predicted octanol–water partition coefficient (Wildman–Crippen LogP) is 5.70. The summed E-state index contributed by atoms with van der Waals surface area (Å²) in [6.07, 6.45) is 22.6. The van der Waals surface area contributed by atoms with E-state index in [1.165, 1.54) is 70.6 Å². The van der Waals surface area contributed by atoms with Gasteiger partial charge in [-0.05, 0) is 44.9 Å². The fourth-order valence-electron chi connectivity index (χ4n) is 3.26. The van der Waals surface area contributed by atoms with Gasteiger partial charge in [0.2, 0.25) is 5.91 Å². The summed E-state index contributed by atoms with van der Waals surface area (Å²) in [6, 6.07) is -0.101. The maximum absolute atomic E-state index is 11.9. The highest BCUT2D eigenvalue weighted by Gasteiger charge is 2.10. The molecule has 0 aliphatic heterocycles. The van der Waals surface area contributed by atoms with Crippen molar-refractivity contribution in [1.82, 2.24) is 5.32 Å². The van der Waals surface area contributed by atoms with Gasteiger partial charge in [-0.15, -0.1) is 12.4 Å². The summed E-state index contributed by atoms with van der Waals surface area (Å²) >= 11 is 0. The molecule has 1 amide bonds. The van der Waals surface area contributed by atoms with Gasteiger partial charge in [-0.3, -0.25) is 4.79 Å².